The summed E-state index contributed by atoms with van der Waals surface area (Å²) in [6.45, 7) is 3.19. The van der Waals surface area contributed by atoms with Crippen LogP contribution in [0.15, 0.2) is 12.5 Å². The van der Waals surface area contributed by atoms with E-state index in [4.69, 9.17) is 0 Å². The summed E-state index contributed by atoms with van der Waals surface area (Å²) in [6, 6.07) is 0.584. The highest BCUT2D eigenvalue weighted by molar-refractivity contribution is 5.17. The molecule has 2 aromatic heterocycles. The van der Waals surface area contributed by atoms with Crippen LogP contribution >= 0.6 is 0 Å². The first-order valence-corrected chi connectivity index (χ1v) is 7.92. The van der Waals surface area contributed by atoms with Gasteiger partial charge in [0.2, 0.25) is 0 Å². The van der Waals surface area contributed by atoms with E-state index in [2.05, 4.69) is 31.1 Å². The Morgan fingerprint density at radius 1 is 1.29 bits per heavy atom. The van der Waals surface area contributed by atoms with E-state index in [0.29, 0.717) is 6.04 Å². The van der Waals surface area contributed by atoms with Gasteiger partial charge in [-0.25, -0.2) is 4.98 Å². The predicted octanol–water partition coefficient (Wildman–Crippen LogP) is 1.34. The number of rotatable bonds is 3. The van der Waals surface area contributed by atoms with Crippen molar-refractivity contribution >= 4 is 0 Å². The van der Waals surface area contributed by atoms with Gasteiger partial charge in [-0.3, -0.25) is 9.58 Å². The number of fused-ring (bicyclic) bond motifs is 1. The van der Waals surface area contributed by atoms with Crippen molar-refractivity contribution in [2.24, 2.45) is 7.05 Å². The molecule has 1 atom stereocenters. The molecule has 0 N–H and O–H groups in total. The summed E-state index contributed by atoms with van der Waals surface area (Å²) in [5.41, 5.74) is 4.02. The van der Waals surface area contributed by atoms with Gasteiger partial charge in [-0.1, -0.05) is 5.21 Å². The number of nitrogens with zero attached hydrogens (tertiary/aromatic N) is 6. The van der Waals surface area contributed by atoms with Gasteiger partial charge in [-0.2, -0.15) is 0 Å². The van der Waals surface area contributed by atoms with Crippen LogP contribution in [0.2, 0.25) is 0 Å². The largest absolute Gasteiger partial charge is 0.330 e. The SMILES string of the molecule is Cn1nncc1CN1CC[C@@H](n2cnc3c2CCCC3)C1. The third-order valence-corrected chi connectivity index (χ3v) is 4.89. The smallest absolute Gasteiger partial charge is 0.0954 e. The van der Waals surface area contributed by atoms with Crippen LogP contribution in [0.3, 0.4) is 0 Å². The van der Waals surface area contributed by atoms with Crippen LogP contribution in [0, 0.1) is 0 Å². The Bertz CT molecular complexity index is 628. The van der Waals surface area contributed by atoms with E-state index >= 15 is 0 Å². The number of aromatic nitrogens is 5. The third-order valence-electron chi connectivity index (χ3n) is 4.89. The molecule has 0 amide bonds. The predicted molar refractivity (Wildman–Crippen MR) is 78.8 cm³/mol. The number of hydrogen-bond donors (Lipinski definition) is 0. The molecule has 0 unspecified atom stereocenters. The van der Waals surface area contributed by atoms with Crippen LogP contribution in [0.1, 0.15) is 42.4 Å². The molecule has 1 aliphatic heterocycles. The van der Waals surface area contributed by atoms with Crippen LogP contribution in [-0.4, -0.2) is 42.5 Å². The zero-order valence-electron chi connectivity index (χ0n) is 12.6. The van der Waals surface area contributed by atoms with E-state index in [9.17, 15) is 0 Å². The van der Waals surface area contributed by atoms with Crippen molar-refractivity contribution in [3.05, 3.63) is 29.6 Å². The maximum absolute atomic E-state index is 4.64. The molecular weight excluding hydrogens is 264 g/mol. The second kappa shape index (κ2) is 5.26. The standard InChI is InChI=1S/C15H22N6/c1-19-13(8-17-18-19)10-20-7-6-12(9-20)21-11-16-14-4-2-3-5-15(14)21/h8,11-12H,2-7,9-10H2,1H3/t12-/m1/s1. The molecule has 0 spiro atoms. The van der Waals surface area contributed by atoms with Gasteiger partial charge in [0.25, 0.3) is 0 Å². The Morgan fingerprint density at radius 3 is 3.05 bits per heavy atom. The van der Waals surface area contributed by atoms with E-state index < -0.39 is 0 Å². The lowest BCUT2D eigenvalue weighted by molar-refractivity contribution is 0.306. The van der Waals surface area contributed by atoms with E-state index in [0.717, 1.165) is 19.6 Å². The van der Waals surface area contributed by atoms with Gasteiger partial charge in [0.15, 0.2) is 0 Å². The highest BCUT2D eigenvalue weighted by atomic mass is 15.4. The van der Waals surface area contributed by atoms with Gasteiger partial charge in [-0.05, 0) is 32.1 Å². The Hall–Kier alpha value is -1.69. The number of aryl methyl sites for hydroxylation is 2. The number of likely N-dealkylation sites (tertiary alicyclic amines) is 1. The highest BCUT2D eigenvalue weighted by Crippen LogP contribution is 2.28. The average Bonchev–Trinajstić information content (AvgIpc) is 3.20. The minimum atomic E-state index is 0.584. The average molecular weight is 286 g/mol. The topological polar surface area (TPSA) is 51.8 Å². The normalized spacial score (nSPS) is 22.6. The van der Waals surface area contributed by atoms with Gasteiger partial charge >= 0.3 is 0 Å². The highest BCUT2D eigenvalue weighted by Gasteiger charge is 2.27. The summed E-state index contributed by atoms with van der Waals surface area (Å²) in [5.74, 6) is 0. The molecular formula is C15H22N6. The van der Waals surface area contributed by atoms with Gasteiger partial charge in [0.1, 0.15) is 0 Å². The molecule has 0 saturated carbocycles. The van der Waals surface area contributed by atoms with Crippen molar-refractivity contribution in [2.45, 2.75) is 44.7 Å². The van der Waals surface area contributed by atoms with Crippen molar-refractivity contribution in [1.29, 1.82) is 0 Å². The van der Waals surface area contributed by atoms with Gasteiger partial charge in [0, 0.05) is 38.4 Å². The first-order chi connectivity index (χ1) is 10.3. The molecule has 0 bridgehead atoms. The summed E-state index contributed by atoms with van der Waals surface area (Å²) in [7, 11) is 1.96. The first-order valence-electron chi connectivity index (χ1n) is 7.92. The molecule has 21 heavy (non-hydrogen) atoms. The first kappa shape index (κ1) is 13.0. The summed E-state index contributed by atoms with van der Waals surface area (Å²) >= 11 is 0. The van der Waals surface area contributed by atoms with Crippen LogP contribution in [0.4, 0.5) is 0 Å². The summed E-state index contributed by atoms with van der Waals surface area (Å²) in [4.78, 5) is 7.14. The fourth-order valence-corrected chi connectivity index (χ4v) is 3.67. The van der Waals surface area contributed by atoms with Crippen molar-refractivity contribution in [3.63, 3.8) is 0 Å². The molecule has 4 rings (SSSR count). The lowest BCUT2D eigenvalue weighted by Crippen LogP contribution is -2.23. The van der Waals surface area contributed by atoms with Gasteiger partial charge in [0.05, 0.1) is 23.9 Å². The molecule has 2 aromatic rings. The second-order valence-corrected chi connectivity index (χ2v) is 6.28. The van der Waals surface area contributed by atoms with Crippen molar-refractivity contribution in [2.75, 3.05) is 13.1 Å². The Labute approximate surface area is 124 Å². The van der Waals surface area contributed by atoms with Crippen LogP contribution in [-0.2, 0) is 26.4 Å². The molecule has 3 heterocycles. The lowest BCUT2D eigenvalue weighted by Gasteiger charge is -2.20. The van der Waals surface area contributed by atoms with Crippen molar-refractivity contribution in [1.82, 2.24) is 29.4 Å². The zero-order chi connectivity index (χ0) is 14.2. The summed E-state index contributed by atoms with van der Waals surface area (Å²) < 4.78 is 4.32. The number of imidazole rings is 1. The van der Waals surface area contributed by atoms with Crippen molar-refractivity contribution < 1.29 is 0 Å². The molecule has 6 nitrogen and oxygen atoms in total. The minimum Gasteiger partial charge on any atom is -0.330 e. The summed E-state index contributed by atoms with van der Waals surface area (Å²) in [5, 5.41) is 7.97. The second-order valence-electron chi connectivity index (χ2n) is 6.28. The van der Waals surface area contributed by atoms with Crippen molar-refractivity contribution in [3.8, 4) is 0 Å². The van der Waals surface area contributed by atoms with Gasteiger partial charge in [-0.15, -0.1) is 5.10 Å². The molecule has 2 aliphatic rings. The van der Waals surface area contributed by atoms with Gasteiger partial charge < -0.3 is 4.57 Å². The molecule has 112 valence electrons. The molecule has 0 radical (unpaired) electrons. The Balaban J connectivity index is 1.47. The zero-order valence-corrected chi connectivity index (χ0v) is 12.6. The summed E-state index contributed by atoms with van der Waals surface area (Å²) in [6.07, 6.45) is 10.2. The maximum Gasteiger partial charge on any atom is 0.0954 e. The molecule has 1 aliphatic carbocycles. The fraction of sp³-hybridized carbons (Fsp3) is 0.667. The van der Waals surface area contributed by atoms with Crippen LogP contribution in [0.25, 0.3) is 0 Å². The number of hydrogen-bond acceptors (Lipinski definition) is 4. The Morgan fingerprint density at radius 2 is 2.19 bits per heavy atom. The van der Waals surface area contributed by atoms with E-state index in [-0.39, 0.29) is 0 Å². The van der Waals surface area contributed by atoms with E-state index in [1.165, 1.54) is 49.2 Å². The van der Waals surface area contributed by atoms with Crippen LogP contribution < -0.4 is 0 Å². The fourth-order valence-electron chi connectivity index (χ4n) is 3.67. The van der Waals surface area contributed by atoms with Crippen LogP contribution in [0.5, 0.6) is 0 Å². The Kier molecular flexibility index (Phi) is 3.25. The quantitative estimate of drug-likeness (QED) is 0.854. The van der Waals surface area contributed by atoms with E-state index in [1.807, 2.05) is 17.9 Å². The third kappa shape index (κ3) is 2.37. The van der Waals surface area contributed by atoms with E-state index in [1.54, 1.807) is 0 Å². The molecule has 1 fully saturated rings. The molecule has 0 aromatic carbocycles. The molecule has 6 heteroatoms. The maximum atomic E-state index is 4.64. The lowest BCUT2D eigenvalue weighted by atomic mass is 10.0. The molecule has 1 saturated heterocycles. The monoisotopic (exact) mass is 286 g/mol. The minimum absolute atomic E-state index is 0.584.